The summed E-state index contributed by atoms with van der Waals surface area (Å²) < 4.78 is 0. The number of hydrogen-bond donors (Lipinski definition) is 2. The highest BCUT2D eigenvalue weighted by Gasteiger charge is 2.18. The van der Waals surface area contributed by atoms with Gasteiger partial charge >= 0.3 is 0 Å². The van der Waals surface area contributed by atoms with Gasteiger partial charge in [0.2, 0.25) is 0 Å². The van der Waals surface area contributed by atoms with Crippen molar-refractivity contribution in [3.63, 3.8) is 0 Å². The number of hydrogen-bond acceptors (Lipinski definition) is 2. The predicted octanol–water partition coefficient (Wildman–Crippen LogP) is 3.03. The summed E-state index contributed by atoms with van der Waals surface area (Å²) in [6, 6.07) is 4.70. The minimum absolute atomic E-state index is 0.217. The first-order valence-electron chi connectivity index (χ1n) is 6.43. The zero-order chi connectivity index (χ0) is 13.1. The summed E-state index contributed by atoms with van der Waals surface area (Å²) in [6.07, 6.45) is 3.86. The van der Waals surface area contributed by atoms with Gasteiger partial charge in [0.15, 0.2) is 0 Å². The first-order valence-corrected chi connectivity index (χ1v) is 6.43. The van der Waals surface area contributed by atoms with E-state index in [0.29, 0.717) is 0 Å². The Morgan fingerprint density at radius 2 is 1.89 bits per heavy atom. The lowest BCUT2D eigenvalue weighted by atomic mass is 9.91. The molecule has 0 saturated heterocycles. The van der Waals surface area contributed by atoms with Crippen LogP contribution in [0.3, 0.4) is 0 Å². The molecule has 0 aliphatic carbocycles. The highest BCUT2D eigenvalue weighted by atomic mass is 15.1. The van der Waals surface area contributed by atoms with Crippen molar-refractivity contribution < 1.29 is 0 Å². The standard InChI is InChI=1S/C15H21N3/c1-5-16-15(13-8-17-18-9-13)14-11(3)6-10(2)7-12(14)4/h6-9,15-16H,5H2,1-4H3,(H,17,18). The maximum atomic E-state index is 4.06. The van der Waals surface area contributed by atoms with Crippen LogP contribution in [0.5, 0.6) is 0 Å². The molecule has 0 amide bonds. The molecule has 1 heterocycles. The fourth-order valence-electron chi connectivity index (χ4n) is 2.66. The number of benzene rings is 1. The lowest BCUT2D eigenvalue weighted by Gasteiger charge is -2.22. The first-order chi connectivity index (χ1) is 8.63. The molecule has 1 aromatic carbocycles. The summed E-state index contributed by atoms with van der Waals surface area (Å²) >= 11 is 0. The van der Waals surface area contributed by atoms with E-state index < -0.39 is 0 Å². The summed E-state index contributed by atoms with van der Waals surface area (Å²) in [7, 11) is 0. The Kier molecular flexibility index (Phi) is 3.82. The van der Waals surface area contributed by atoms with E-state index in [1.54, 1.807) is 0 Å². The second kappa shape index (κ2) is 5.36. The Balaban J connectivity index is 2.49. The van der Waals surface area contributed by atoms with Gasteiger partial charge < -0.3 is 5.32 Å². The molecule has 96 valence electrons. The molecule has 3 nitrogen and oxygen atoms in total. The molecule has 0 spiro atoms. The maximum absolute atomic E-state index is 4.06. The number of aryl methyl sites for hydroxylation is 3. The van der Waals surface area contributed by atoms with E-state index in [1.165, 1.54) is 27.8 Å². The van der Waals surface area contributed by atoms with E-state index in [4.69, 9.17) is 0 Å². The van der Waals surface area contributed by atoms with Gasteiger partial charge in [0.05, 0.1) is 12.2 Å². The predicted molar refractivity (Wildman–Crippen MR) is 74.8 cm³/mol. The first kappa shape index (κ1) is 12.8. The van der Waals surface area contributed by atoms with Gasteiger partial charge in [-0.2, -0.15) is 5.10 Å². The van der Waals surface area contributed by atoms with Crippen LogP contribution in [0.25, 0.3) is 0 Å². The van der Waals surface area contributed by atoms with Crippen LogP contribution in [0.15, 0.2) is 24.5 Å². The zero-order valence-corrected chi connectivity index (χ0v) is 11.5. The molecule has 2 N–H and O–H groups in total. The van der Waals surface area contributed by atoms with Crippen molar-refractivity contribution >= 4 is 0 Å². The van der Waals surface area contributed by atoms with Crippen molar-refractivity contribution in [1.82, 2.24) is 15.5 Å². The average Bonchev–Trinajstić information content (AvgIpc) is 2.79. The van der Waals surface area contributed by atoms with Gasteiger partial charge in [0, 0.05) is 11.8 Å². The van der Waals surface area contributed by atoms with E-state index in [0.717, 1.165) is 6.54 Å². The molecule has 1 unspecified atom stereocenters. The van der Waals surface area contributed by atoms with Crippen LogP contribution in [0.1, 0.15) is 40.8 Å². The van der Waals surface area contributed by atoms with Gasteiger partial charge in [0.25, 0.3) is 0 Å². The highest BCUT2D eigenvalue weighted by molar-refractivity contribution is 5.43. The third-order valence-electron chi connectivity index (χ3n) is 3.29. The van der Waals surface area contributed by atoms with Crippen LogP contribution >= 0.6 is 0 Å². The number of aromatic amines is 1. The van der Waals surface area contributed by atoms with Crippen LogP contribution in [-0.2, 0) is 0 Å². The van der Waals surface area contributed by atoms with E-state index in [1.807, 2.05) is 12.4 Å². The Morgan fingerprint density at radius 3 is 2.39 bits per heavy atom. The quantitative estimate of drug-likeness (QED) is 0.866. The third-order valence-corrected chi connectivity index (χ3v) is 3.29. The topological polar surface area (TPSA) is 40.7 Å². The van der Waals surface area contributed by atoms with Crippen LogP contribution < -0.4 is 5.32 Å². The van der Waals surface area contributed by atoms with Crippen LogP contribution in [0.4, 0.5) is 0 Å². The van der Waals surface area contributed by atoms with Crippen molar-refractivity contribution in [2.24, 2.45) is 0 Å². The highest BCUT2D eigenvalue weighted by Crippen LogP contribution is 2.28. The second-order valence-corrected chi connectivity index (χ2v) is 4.83. The van der Waals surface area contributed by atoms with Crippen molar-refractivity contribution in [2.75, 3.05) is 6.54 Å². The molecule has 0 radical (unpaired) electrons. The van der Waals surface area contributed by atoms with Crippen molar-refractivity contribution in [3.05, 3.63) is 52.3 Å². The molecule has 0 saturated carbocycles. The summed E-state index contributed by atoms with van der Waals surface area (Å²) in [5.41, 5.74) is 6.53. The summed E-state index contributed by atoms with van der Waals surface area (Å²) in [4.78, 5) is 0. The monoisotopic (exact) mass is 243 g/mol. The number of H-pyrrole nitrogens is 1. The molecule has 2 rings (SSSR count). The van der Waals surface area contributed by atoms with E-state index in [9.17, 15) is 0 Å². The molecule has 0 bridgehead atoms. The summed E-state index contributed by atoms with van der Waals surface area (Å²) in [5, 5.41) is 10.5. The fraction of sp³-hybridized carbons (Fsp3) is 0.400. The number of rotatable bonds is 4. The van der Waals surface area contributed by atoms with Crippen molar-refractivity contribution in [3.8, 4) is 0 Å². The Morgan fingerprint density at radius 1 is 1.22 bits per heavy atom. The Bertz CT molecular complexity index is 492. The molecule has 18 heavy (non-hydrogen) atoms. The number of aromatic nitrogens is 2. The normalized spacial score (nSPS) is 12.7. The number of nitrogens with one attached hydrogen (secondary N) is 2. The van der Waals surface area contributed by atoms with Crippen molar-refractivity contribution in [1.29, 1.82) is 0 Å². The van der Waals surface area contributed by atoms with Gasteiger partial charge in [-0.3, -0.25) is 5.10 Å². The summed E-state index contributed by atoms with van der Waals surface area (Å²) in [6.45, 7) is 9.57. The number of nitrogens with zero attached hydrogens (tertiary/aromatic N) is 1. The minimum Gasteiger partial charge on any atom is -0.306 e. The molecule has 1 atom stereocenters. The molecule has 3 heteroatoms. The van der Waals surface area contributed by atoms with Gasteiger partial charge in [0.1, 0.15) is 0 Å². The largest absolute Gasteiger partial charge is 0.306 e. The maximum Gasteiger partial charge on any atom is 0.0612 e. The van der Waals surface area contributed by atoms with E-state index in [-0.39, 0.29) is 6.04 Å². The van der Waals surface area contributed by atoms with Crippen LogP contribution in [0, 0.1) is 20.8 Å². The molecule has 0 aliphatic heterocycles. The molecule has 0 aliphatic rings. The third kappa shape index (κ3) is 2.46. The molecule has 1 aromatic heterocycles. The van der Waals surface area contributed by atoms with E-state index >= 15 is 0 Å². The molecular formula is C15H21N3. The smallest absolute Gasteiger partial charge is 0.0612 e. The Hall–Kier alpha value is -1.61. The van der Waals surface area contributed by atoms with Gasteiger partial charge in [-0.15, -0.1) is 0 Å². The van der Waals surface area contributed by atoms with Crippen LogP contribution in [-0.4, -0.2) is 16.7 Å². The zero-order valence-electron chi connectivity index (χ0n) is 11.5. The molecule has 2 aromatic rings. The van der Waals surface area contributed by atoms with Crippen LogP contribution in [0.2, 0.25) is 0 Å². The SMILES string of the molecule is CCNC(c1cn[nH]c1)c1c(C)cc(C)cc1C. The van der Waals surface area contributed by atoms with Gasteiger partial charge in [-0.25, -0.2) is 0 Å². The average molecular weight is 243 g/mol. The van der Waals surface area contributed by atoms with Gasteiger partial charge in [-0.05, 0) is 44.0 Å². The van der Waals surface area contributed by atoms with E-state index in [2.05, 4.69) is 55.3 Å². The minimum atomic E-state index is 0.217. The summed E-state index contributed by atoms with van der Waals surface area (Å²) in [5.74, 6) is 0. The lowest BCUT2D eigenvalue weighted by Crippen LogP contribution is -2.23. The lowest BCUT2D eigenvalue weighted by molar-refractivity contribution is 0.625. The van der Waals surface area contributed by atoms with Gasteiger partial charge in [-0.1, -0.05) is 24.6 Å². The second-order valence-electron chi connectivity index (χ2n) is 4.83. The van der Waals surface area contributed by atoms with Crippen molar-refractivity contribution in [2.45, 2.75) is 33.7 Å². The fourth-order valence-corrected chi connectivity index (χ4v) is 2.66. The Labute approximate surface area is 109 Å². The molecule has 0 fully saturated rings. The molecular weight excluding hydrogens is 222 g/mol.